The van der Waals surface area contributed by atoms with Crippen LogP contribution in [-0.4, -0.2) is 66.7 Å². The SMILES string of the molecule is O=[N+]([O-])c1cc(S(=O)(=O)Nc2ncnc3c(F)c(N4CCN(Cc5ccccc5-c5ccccc5)CC4)ccc23)ccc1NCCSc1ccccc1. The molecule has 270 valence electrons. The first-order valence-electron chi connectivity index (χ1n) is 17.0. The lowest BCUT2D eigenvalue weighted by Gasteiger charge is -2.36. The number of fused-ring (bicyclic) bond motifs is 1. The van der Waals surface area contributed by atoms with Gasteiger partial charge in [-0.1, -0.05) is 72.8 Å². The number of sulfonamides is 1. The Kier molecular flexibility index (Phi) is 10.8. The van der Waals surface area contributed by atoms with Crippen LogP contribution < -0.4 is 14.9 Å². The summed E-state index contributed by atoms with van der Waals surface area (Å²) in [5.74, 6) is -0.0720. The second-order valence-corrected chi connectivity index (χ2v) is 15.3. The molecule has 1 aromatic heterocycles. The van der Waals surface area contributed by atoms with Crippen LogP contribution in [0.5, 0.6) is 0 Å². The quantitative estimate of drug-likeness (QED) is 0.0525. The van der Waals surface area contributed by atoms with Gasteiger partial charge in [-0.2, -0.15) is 0 Å². The van der Waals surface area contributed by atoms with Crippen LogP contribution in [0.4, 0.5) is 27.3 Å². The monoisotopic (exact) mass is 749 g/mol. The van der Waals surface area contributed by atoms with E-state index >= 15 is 4.39 Å². The summed E-state index contributed by atoms with van der Waals surface area (Å²) in [5.41, 5.74) is 3.73. The molecule has 0 atom stereocenters. The Morgan fingerprint density at radius 1 is 0.849 bits per heavy atom. The van der Waals surface area contributed by atoms with Crippen molar-refractivity contribution < 1.29 is 17.7 Å². The summed E-state index contributed by atoms with van der Waals surface area (Å²) >= 11 is 1.59. The molecule has 2 heterocycles. The van der Waals surface area contributed by atoms with E-state index < -0.39 is 20.8 Å². The Labute approximate surface area is 311 Å². The van der Waals surface area contributed by atoms with Gasteiger partial charge in [0.15, 0.2) is 11.6 Å². The van der Waals surface area contributed by atoms with Crippen LogP contribution in [-0.2, 0) is 16.6 Å². The summed E-state index contributed by atoms with van der Waals surface area (Å²) in [6, 6.07) is 35.2. The first kappa shape index (κ1) is 35.8. The molecule has 1 fully saturated rings. The molecule has 2 N–H and O–H groups in total. The van der Waals surface area contributed by atoms with Gasteiger partial charge in [-0.15, -0.1) is 11.8 Å². The van der Waals surface area contributed by atoms with Gasteiger partial charge in [0.1, 0.15) is 17.5 Å². The fourth-order valence-corrected chi connectivity index (χ4v) is 8.23. The van der Waals surface area contributed by atoms with Crippen LogP contribution >= 0.6 is 11.8 Å². The van der Waals surface area contributed by atoms with Crippen molar-refractivity contribution in [2.24, 2.45) is 0 Å². The second kappa shape index (κ2) is 16.0. The van der Waals surface area contributed by atoms with Gasteiger partial charge in [0, 0.05) is 61.4 Å². The average Bonchev–Trinajstić information content (AvgIpc) is 3.18. The normalized spacial score (nSPS) is 13.6. The fourth-order valence-electron chi connectivity index (χ4n) is 6.39. The molecule has 0 saturated carbocycles. The third-order valence-corrected chi connectivity index (χ3v) is 11.4. The number of halogens is 1. The highest BCUT2D eigenvalue weighted by atomic mass is 32.2. The maximum atomic E-state index is 16.1. The Bertz CT molecular complexity index is 2340. The smallest absolute Gasteiger partial charge is 0.293 e. The summed E-state index contributed by atoms with van der Waals surface area (Å²) in [6.07, 6.45) is 1.10. The van der Waals surface area contributed by atoms with Crippen LogP contribution in [0.1, 0.15) is 5.56 Å². The maximum Gasteiger partial charge on any atom is 0.293 e. The fraction of sp³-hybridized carbons (Fsp3) is 0.179. The number of nitrogens with one attached hydrogen (secondary N) is 2. The molecule has 0 unspecified atom stereocenters. The van der Waals surface area contributed by atoms with Gasteiger partial charge in [-0.25, -0.2) is 22.8 Å². The number of anilines is 3. The molecular formula is C39H36FN7O4S2. The summed E-state index contributed by atoms with van der Waals surface area (Å²) in [4.78, 5) is 24.6. The highest BCUT2D eigenvalue weighted by Gasteiger charge is 2.25. The Morgan fingerprint density at radius 2 is 1.57 bits per heavy atom. The topological polar surface area (TPSA) is 134 Å². The number of aromatic nitrogens is 2. The number of benzene rings is 5. The lowest BCUT2D eigenvalue weighted by Crippen LogP contribution is -2.46. The zero-order valence-electron chi connectivity index (χ0n) is 28.6. The number of hydrogen-bond acceptors (Lipinski definition) is 10. The minimum atomic E-state index is -4.35. The average molecular weight is 750 g/mol. The first-order valence-corrected chi connectivity index (χ1v) is 19.5. The van der Waals surface area contributed by atoms with Crippen molar-refractivity contribution in [2.45, 2.75) is 16.3 Å². The number of rotatable bonds is 13. The highest BCUT2D eigenvalue weighted by Crippen LogP contribution is 2.33. The van der Waals surface area contributed by atoms with Crippen molar-refractivity contribution in [1.29, 1.82) is 0 Å². The molecule has 7 rings (SSSR count). The van der Waals surface area contributed by atoms with E-state index in [4.69, 9.17) is 0 Å². The van der Waals surface area contributed by atoms with Crippen molar-refractivity contribution in [1.82, 2.24) is 14.9 Å². The van der Waals surface area contributed by atoms with Gasteiger partial charge in [-0.3, -0.25) is 19.7 Å². The van der Waals surface area contributed by atoms with Crippen LogP contribution in [0, 0.1) is 15.9 Å². The van der Waals surface area contributed by atoms with Crippen LogP contribution in [0.15, 0.2) is 131 Å². The van der Waals surface area contributed by atoms with Gasteiger partial charge in [0.05, 0.1) is 15.5 Å². The molecular weight excluding hydrogens is 714 g/mol. The van der Waals surface area contributed by atoms with Crippen LogP contribution in [0.25, 0.3) is 22.0 Å². The predicted octanol–water partition coefficient (Wildman–Crippen LogP) is 7.67. The van der Waals surface area contributed by atoms with Crippen molar-refractivity contribution in [3.05, 3.63) is 143 Å². The van der Waals surface area contributed by atoms with E-state index in [1.54, 1.807) is 23.9 Å². The van der Waals surface area contributed by atoms with Crippen molar-refractivity contribution in [3.63, 3.8) is 0 Å². The third kappa shape index (κ3) is 8.25. The van der Waals surface area contributed by atoms with Gasteiger partial charge in [0.2, 0.25) is 0 Å². The minimum Gasteiger partial charge on any atom is -0.379 e. The molecule has 1 aliphatic heterocycles. The number of nitro groups is 1. The maximum absolute atomic E-state index is 16.1. The number of thioether (sulfide) groups is 1. The lowest BCUT2D eigenvalue weighted by molar-refractivity contribution is -0.384. The Balaban J connectivity index is 1.02. The molecule has 0 amide bonds. The summed E-state index contributed by atoms with van der Waals surface area (Å²) in [5, 5.41) is 15.1. The largest absolute Gasteiger partial charge is 0.379 e. The summed E-state index contributed by atoms with van der Waals surface area (Å²) < 4.78 is 45.4. The number of piperazine rings is 1. The molecule has 0 aliphatic carbocycles. The molecule has 14 heteroatoms. The Hall–Kier alpha value is -5.57. The van der Waals surface area contributed by atoms with E-state index in [-0.39, 0.29) is 33.0 Å². The highest BCUT2D eigenvalue weighted by molar-refractivity contribution is 7.99. The molecule has 0 bridgehead atoms. The lowest BCUT2D eigenvalue weighted by atomic mass is 9.99. The van der Waals surface area contributed by atoms with Gasteiger partial charge in [0.25, 0.3) is 15.7 Å². The van der Waals surface area contributed by atoms with Gasteiger partial charge < -0.3 is 10.2 Å². The van der Waals surface area contributed by atoms with E-state index in [1.165, 1.54) is 28.8 Å². The summed E-state index contributed by atoms with van der Waals surface area (Å²) in [6.45, 7) is 3.83. The van der Waals surface area contributed by atoms with E-state index in [0.29, 0.717) is 31.1 Å². The molecule has 11 nitrogen and oxygen atoms in total. The third-order valence-electron chi connectivity index (χ3n) is 9.07. The van der Waals surface area contributed by atoms with E-state index in [2.05, 4.69) is 49.2 Å². The van der Waals surface area contributed by atoms with Gasteiger partial charge in [-0.05, 0) is 53.1 Å². The standard InChI is InChI=1S/C39H36FN7O4S2/c40-37-35(46-22-20-45(21-23-46)26-29-11-7-8-14-32(29)28-9-3-1-4-10-28)18-16-33-38(37)42-27-43-39(33)44-53(50,51)31-15-17-34(36(25-31)47(48)49)41-19-24-52-30-12-5-2-6-13-30/h1-18,25,27,41H,19-24,26H2,(H,42,43,44). The molecule has 6 aromatic rings. The summed E-state index contributed by atoms with van der Waals surface area (Å²) in [7, 11) is -4.35. The zero-order chi connectivity index (χ0) is 36.8. The minimum absolute atomic E-state index is 0.0340. The number of nitro benzene ring substituents is 1. The predicted molar refractivity (Wildman–Crippen MR) is 208 cm³/mol. The second-order valence-electron chi connectivity index (χ2n) is 12.4. The van der Waals surface area contributed by atoms with Crippen molar-refractivity contribution in [3.8, 4) is 11.1 Å². The molecule has 53 heavy (non-hydrogen) atoms. The van der Waals surface area contributed by atoms with E-state index in [9.17, 15) is 18.5 Å². The molecule has 1 aliphatic rings. The van der Waals surface area contributed by atoms with Crippen molar-refractivity contribution in [2.75, 3.05) is 53.4 Å². The number of hydrogen-bond donors (Lipinski definition) is 2. The van der Waals surface area contributed by atoms with E-state index in [1.807, 2.05) is 65.6 Å². The zero-order valence-corrected chi connectivity index (χ0v) is 30.2. The van der Waals surface area contributed by atoms with Gasteiger partial charge >= 0.3 is 0 Å². The number of nitrogens with zero attached hydrogens (tertiary/aromatic N) is 5. The van der Waals surface area contributed by atoms with Crippen molar-refractivity contribution >= 4 is 55.6 Å². The van der Waals surface area contributed by atoms with Crippen LogP contribution in [0.2, 0.25) is 0 Å². The molecule has 0 spiro atoms. The Morgan fingerprint density at radius 3 is 2.32 bits per heavy atom. The molecule has 1 saturated heterocycles. The first-order chi connectivity index (χ1) is 25.8. The van der Waals surface area contributed by atoms with E-state index in [0.717, 1.165) is 36.9 Å². The molecule has 0 radical (unpaired) electrons. The molecule has 5 aromatic carbocycles. The van der Waals surface area contributed by atoms with Crippen LogP contribution in [0.3, 0.4) is 0 Å².